The number of nitrogens with zero attached hydrogens (tertiary/aromatic N) is 1. The molecule has 1 aromatic carbocycles. The number of methoxy groups -OCH3 is 1. The van der Waals surface area contributed by atoms with Gasteiger partial charge in [-0.2, -0.15) is 0 Å². The molecule has 0 atom stereocenters. The van der Waals surface area contributed by atoms with Gasteiger partial charge in [0.25, 0.3) is 0 Å². The van der Waals surface area contributed by atoms with Crippen molar-refractivity contribution >= 4 is 29.9 Å². The summed E-state index contributed by atoms with van der Waals surface area (Å²) in [7, 11) is 3.36. The lowest BCUT2D eigenvalue weighted by Crippen LogP contribution is -2.37. The second-order valence-electron chi connectivity index (χ2n) is 5.74. The SMILES string of the molecule is CN=C(NCCCCC(C)C)NCc1cc(OC)ccc1O.I. The van der Waals surface area contributed by atoms with E-state index in [1.54, 1.807) is 26.3 Å². The number of unbranched alkanes of at least 4 members (excludes halogenated alkanes) is 1. The molecule has 0 spiro atoms. The van der Waals surface area contributed by atoms with E-state index >= 15 is 0 Å². The van der Waals surface area contributed by atoms with E-state index in [0.29, 0.717) is 6.54 Å². The fraction of sp³-hybridized carbons (Fsp3) is 0.588. The van der Waals surface area contributed by atoms with Crippen LogP contribution in [0.3, 0.4) is 0 Å². The molecule has 1 rings (SSSR count). The quantitative estimate of drug-likeness (QED) is 0.253. The molecular weight excluding hydrogens is 405 g/mol. The van der Waals surface area contributed by atoms with E-state index in [2.05, 4.69) is 29.5 Å². The number of phenols is 1. The lowest BCUT2D eigenvalue weighted by molar-refractivity contribution is 0.410. The van der Waals surface area contributed by atoms with Crippen LogP contribution in [0.5, 0.6) is 11.5 Å². The zero-order valence-electron chi connectivity index (χ0n) is 14.6. The molecule has 0 saturated heterocycles. The molecule has 0 heterocycles. The molecule has 1 aromatic rings. The summed E-state index contributed by atoms with van der Waals surface area (Å²) in [5.41, 5.74) is 0.780. The summed E-state index contributed by atoms with van der Waals surface area (Å²) in [5.74, 6) is 2.48. The summed E-state index contributed by atoms with van der Waals surface area (Å²) >= 11 is 0. The predicted octanol–water partition coefficient (Wildman–Crippen LogP) is 3.51. The van der Waals surface area contributed by atoms with Crippen molar-refractivity contribution in [2.45, 2.75) is 39.7 Å². The van der Waals surface area contributed by atoms with Crippen LogP contribution >= 0.6 is 24.0 Å². The third kappa shape index (κ3) is 8.88. The fourth-order valence-electron chi connectivity index (χ4n) is 2.11. The van der Waals surface area contributed by atoms with Crippen LogP contribution in [0, 0.1) is 5.92 Å². The highest BCUT2D eigenvalue weighted by Gasteiger charge is 2.05. The van der Waals surface area contributed by atoms with Crippen molar-refractivity contribution < 1.29 is 9.84 Å². The summed E-state index contributed by atoms with van der Waals surface area (Å²) in [5, 5.41) is 16.3. The third-order valence-electron chi connectivity index (χ3n) is 3.46. The molecule has 0 aliphatic heterocycles. The van der Waals surface area contributed by atoms with Gasteiger partial charge in [0, 0.05) is 25.7 Å². The topological polar surface area (TPSA) is 65.9 Å². The molecule has 3 N–H and O–H groups in total. The Morgan fingerprint density at radius 1 is 1.26 bits per heavy atom. The number of nitrogens with one attached hydrogen (secondary N) is 2. The lowest BCUT2D eigenvalue weighted by atomic mass is 10.1. The minimum Gasteiger partial charge on any atom is -0.508 e. The molecule has 0 aliphatic carbocycles. The monoisotopic (exact) mass is 435 g/mol. The Morgan fingerprint density at radius 2 is 2.00 bits per heavy atom. The van der Waals surface area contributed by atoms with Crippen LogP contribution in [0.25, 0.3) is 0 Å². The summed E-state index contributed by atoms with van der Waals surface area (Å²) in [4.78, 5) is 4.19. The largest absolute Gasteiger partial charge is 0.508 e. The molecule has 5 nitrogen and oxygen atoms in total. The second-order valence-corrected chi connectivity index (χ2v) is 5.74. The molecular formula is C17H30IN3O2. The van der Waals surface area contributed by atoms with Crippen LogP contribution in [0.4, 0.5) is 0 Å². The number of aliphatic imine (C=N–C) groups is 1. The summed E-state index contributed by atoms with van der Waals surface area (Å²) in [6.45, 7) is 5.88. The Labute approximate surface area is 156 Å². The molecule has 132 valence electrons. The van der Waals surface area contributed by atoms with E-state index < -0.39 is 0 Å². The summed E-state index contributed by atoms with van der Waals surface area (Å²) in [6.07, 6.45) is 3.60. The van der Waals surface area contributed by atoms with Crippen molar-refractivity contribution in [1.29, 1.82) is 0 Å². The number of phenolic OH excluding ortho intramolecular Hbond substituents is 1. The molecule has 0 amide bonds. The number of aromatic hydroxyl groups is 1. The first-order valence-electron chi connectivity index (χ1n) is 7.87. The van der Waals surface area contributed by atoms with E-state index in [-0.39, 0.29) is 29.7 Å². The highest BCUT2D eigenvalue weighted by atomic mass is 127. The maximum absolute atomic E-state index is 9.86. The number of hydrogen-bond acceptors (Lipinski definition) is 3. The average molecular weight is 435 g/mol. The van der Waals surface area contributed by atoms with Crippen molar-refractivity contribution in [3.8, 4) is 11.5 Å². The number of ether oxygens (including phenoxy) is 1. The van der Waals surface area contributed by atoms with Crippen LogP contribution in [0.2, 0.25) is 0 Å². The number of guanidine groups is 1. The van der Waals surface area contributed by atoms with Crippen molar-refractivity contribution in [2.75, 3.05) is 20.7 Å². The third-order valence-corrected chi connectivity index (χ3v) is 3.46. The number of benzene rings is 1. The second kappa shape index (κ2) is 12.3. The van der Waals surface area contributed by atoms with E-state index in [1.165, 1.54) is 12.8 Å². The molecule has 23 heavy (non-hydrogen) atoms. The van der Waals surface area contributed by atoms with Gasteiger partial charge in [-0.15, -0.1) is 24.0 Å². The summed E-state index contributed by atoms with van der Waals surface area (Å²) < 4.78 is 5.17. The van der Waals surface area contributed by atoms with Crippen molar-refractivity contribution in [2.24, 2.45) is 10.9 Å². The maximum atomic E-state index is 9.86. The molecule has 0 unspecified atom stereocenters. The van der Waals surface area contributed by atoms with Gasteiger partial charge in [0.1, 0.15) is 11.5 Å². The van der Waals surface area contributed by atoms with E-state index in [1.807, 2.05) is 6.07 Å². The van der Waals surface area contributed by atoms with E-state index in [0.717, 1.165) is 36.2 Å². The van der Waals surface area contributed by atoms with Gasteiger partial charge in [-0.25, -0.2) is 0 Å². The highest BCUT2D eigenvalue weighted by molar-refractivity contribution is 14.0. The molecule has 6 heteroatoms. The predicted molar refractivity (Wildman–Crippen MR) is 107 cm³/mol. The van der Waals surface area contributed by atoms with Gasteiger partial charge < -0.3 is 20.5 Å². The minimum atomic E-state index is 0. The van der Waals surface area contributed by atoms with Gasteiger partial charge in [0.2, 0.25) is 0 Å². The molecule has 0 aliphatic rings. The van der Waals surface area contributed by atoms with Gasteiger partial charge in [-0.05, 0) is 30.5 Å². The number of halogens is 1. The molecule has 0 saturated carbocycles. The van der Waals surface area contributed by atoms with Crippen LogP contribution in [-0.4, -0.2) is 31.8 Å². The standard InChI is InChI=1S/C17H29N3O2.HI/c1-13(2)7-5-6-10-19-17(18-3)20-12-14-11-15(22-4)8-9-16(14)21;/h8-9,11,13,21H,5-7,10,12H2,1-4H3,(H2,18,19,20);1H. The smallest absolute Gasteiger partial charge is 0.191 e. The van der Waals surface area contributed by atoms with Gasteiger partial charge in [0.15, 0.2) is 5.96 Å². The Bertz CT molecular complexity index is 479. The molecule has 0 bridgehead atoms. The number of rotatable bonds is 8. The number of hydrogen-bond donors (Lipinski definition) is 3. The normalized spacial score (nSPS) is 11.1. The summed E-state index contributed by atoms with van der Waals surface area (Å²) in [6, 6.07) is 5.19. The minimum absolute atomic E-state index is 0. The molecule has 0 radical (unpaired) electrons. The first-order chi connectivity index (χ1) is 10.6. The van der Waals surface area contributed by atoms with Gasteiger partial charge in [0.05, 0.1) is 7.11 Å². The van der Waals surface area contributed by atoms with Gasteiger partial charge >= 0.3 is 0 Å². The van der Waals surface area contributed by atoms with Gasteiger partial charge in [-0.1, -0.05) is 26.7 Å². The van der Waals surface area contributed by atoms with Crippen LogP contribution in [0.15, 0.2) is 23.2 Å². The average Bonchev–Trinajstić information content (AvgIpc) is 2.51. The lowest BCUT2D eigenvalue weighted by Gasteiger charge is -2.13. The van der Waals surface area contributed by atoms with Crippen molar-refractivity contribution in [1.82, 2.24) is 10.6 Å². The van der Waals surface area contributed by atoms with Crippen molar-refractivity contribution in [3.05, 3.63) is 23.8 Å². The van der Waals surface area contributed by atoms with Gasteiger partial charge in [-0.3, -0.25) is 4.99 Å². The maximum Gasteiger partial charge on any atom is 0.191 e. The zero-order chi connectivity index (χ0) is 16.4. The molecule has 0 fully saturated rings. The van der Waals surface area contributed by atoms with Crippen LogP contribution < -0.4 is 15.4 Å². The van der Waals surface area contributed by atoms with Crippen LogP contribution in [0.1, 0.15) is 38.7 Å². The Morgan fingerprint density at radius 3 is 2.61 bits per heavy atom. The molecule has 0 aromatic heterocycles. The first kappa shape index (κ1) is 21.8. The highest BCUT2D eigenvalue weighted by Crippen LogP contribution is 2.22. The van der Waals surface area contributed by atoms with E-state index in [9.17, 15) is 5.11 Å². The Balaban J connectivity index is 0.00000484. The zero-order valence-corrected chi connectivity index (χ0v) is 16.9. The first-order valence-corrected chi connectivity index (χ1v) is 7.87. The fourth-order valence-corrected chi connectivity index (χ4v) is 2.11. The van der Waals surface area contributed by atoms with E-state index in [4.69, 9.17) is 4.74 Å². The van der Waals surface area contributed by atoms with Crippen molar-refractivity contribution in [3.63, 3.8) is 0 Å². The Kier molecular flexibility index (Phi) is 11.6. The van der Waals surface area contributed by atoms with Crippen LogP contribution in [-0.2, 0) is 6.54 Å². The Hall–Kier alpha value is -1.18.